The maximum atomic E-state index is 14.1. The standard InChI is InChI=1S/C30H45N3O6S/c1-22-18-33(23(2)21-34)30(35)27-17-26(31-40(5,36)37)14-15-28(27)39-24(3)11-9-10-16-38-29(22)20-32(4)19-25-12-7-6-8-13-25/h6-8,12-15,17,22-24,29,31,34H,9-11,16,18-21H2,1-5H3/t22-,23-,24-,29+/m1/s1. The molecule has 2 aromatic carbocycles. The van der Waals surface area contributed by atoms with Crippen LogP contribution in [0.5, 0.6) is 5.75 Å². The molecule has 0 aliphatic carbocycles. The van der Waals surface area contributed by atoms with Crippen molar-refractivity contribution in [2.75, 3.05) is 44.3 Å². The molecule has 4 atom stereocenters. The lowest BCUT2D eigenvalue weighted by atomic mass is 10.0. The van der Waals surface area contributed by atoms with E-state index in [1.54, 1.807) is 24.0 Å². The van der Waals surface area contributed by atoms with Gasteiger partial charge in [0.1, 0.15) is 5.75 Å². The molecule has 1 aliphatic rings. The smallest absolute Gasteiger partial charge is 0.258 e. The first-order valence-corrected chi connectivity index (χ1v) is 15.9. The second kappa shape index (κ2) is 14.8. The van der Waals surface area contributed by atoms with Crippen LogP contribution in [-0.2, 0) is 21.3 Å². The van der Waals surface area contributed by atoms with Crippen LogP contribution in [0.3, 0.4) is 0 Å². The van der Waals surface area contributed by atoms with E-state index in [0.29, 0.717) is 25.4 Å². The van der Waals surface area contributed by atoms with E-state index in [4.69, 9.17) is 9.47 Å². The molecule has 0 saturated heterocycles. The molecule has 0 unspecified atom stereocenters. The number of carbonyl (C=O) groups excluding carboxylic acids is 1. The van der Waals surface area contributed by atoms with Crippen molar-refractivity contribution in [3.63, 3.8) is 0 Å². The average molecular weight is 576 g/mol. The van der Waals surface area contributed by atoms with Crippen molar-refractivity contribution in [3.05, 3.63) is 59.7 Å². The van der Waals surface area contributed by atoms with Crippen molar-refractivity contribution < 1.29 is 27.8 Å². The van der Waals surface area contributed by atoms with Crippen LogP contribution in [0.1, 0.15) is 56.0 Å². The Morgan fingerprint density at radius 3 is 2.55 bits per heavy atom. The normalized spacial score (nSPS) is 22.2. The van der Waals surface area contributed by atoms with Gasteiger partial charge >= 0.3 is 0 Å². The van der Waals surface area contributed by atoms with Crippen LogP contribution in [0.25, 0.3) is 0 Å². The monoisotopic (exact) mass is 575 g/mol. The number of amides is 1. The molecule has 0 radical (unpaired) electrons. The molecule has 0 spiro atoms. The summed E-state index contributed by atoms with van der Waals surface area (Å²) in [6.45, 7) is 8.04. The van der Waals surface area contributed by atoms with Gasteiger partial charge in [0.2, 0.25) is 10.0 Å². The number of nitrogens with one attached hydrogen (secondary N) is 1. The Morgan fingerprint density at radius 2 is 1.88 bits per heavy atom. The van der Waals surface area contributed by atoms with Crippen molar-refractivity contribution >= 4 is 21.6 Å². The first-order valence-electron chi connectivity index (χ1n) is 14.0. The number of rotatable bonds is 8. The molecule has 10 heteroatoms. The van der Waals surface area contributed by atoms with Crippen molar-refractivity contribution in [1.29, 1.82) is 0 Å². The molecule has 222 valence electrons. The van der Waals surface area contributed by atoms with Gasteiger partial charge < -0.3 is 19.5 Å². The molecule has 0 aromatic heterocycles. The molecule has 40 heavy (non-hydrogen) atoms. The van der Waals surface area contributed by atoms with Gasteiger partial charge in [-0.1, -0.05) is 37.3 Å². The van der Waals surface area contributed by atoms with Crippen LogP contribution in [0.15, 0.2) is 48.5 Å². The predicted octanol–water partition coefficient (Wildman–Crippen LogP) is 3.99. The van der Waals surface area contributed by atoms with Gasteiger partial charge in [-0.2, -0.15) is 0 Å². The molecule has 1 heterocycles. The largest absolute Gasteiger partial charge is 0.490 e. The van der Waals surface area contributed by atoms with Gasteiger partial charge in [-0.25, -0.2) is 8.42 Å². The fraction of sp³-hybridized carbons (Fsp3) is 0.567. The molecule has 0 bridgehead atoms. The molecule has 2 N–H and O–H groups in total. The SMILES string of the molecule is C[C@@H]1CCCCO[C@@H](CN(C)Cc2ccccc2)[C@H](C)CN([C@H](C)CO)C(=O)c2cc(NS(C)(=O)=O)ccc2O1. The summed E-state index contributed by atoms with van der Waals surface area (Å²) in [7, 11) is -1.47. The number of benzene rings is 2. The first kappa shape index (κ1) is 31.9. The van der Waals surface area contributed by atoms with E-state index >= 15 is 0 Å². The fourth-order valence-corrected chi connectivity index (χ4v) is 5.48. The minimum absolute atomic E-state index is 0.0419. The van der Waals surface area contributed by atoms with Gasteiger partial charge in [0.15, 0.2) is 0 Å². The minimum Gasteiger partial charge on any atom is -0.490 e. The second-order valence-corrected chi connectivity index (χ2v) is 12.8. The van der Waals surface area contributed by atoms with E-state index in [-0.39, 0.29) is 41.9 Å². The predicted molar refractivity (Wildman–Crippen MR) is 158 cm³/mol. The number of hydrogen-bond donors (Lipinski definition) is 2. The van der Waals surface area contributed by atoms with Crippen LogP contribution in [0.2, 0.25) is 0 Å². The lowest BCUT2D eigenvalue weighted by molar-refractivity contribution is -0.0177. The minimum atomic E-state index is -3.54. The van der Waals surface area contributed by atoms with Crippen molar-refractivity contribution in [1.82, 2.24) is 9.80 Å². The van der Waals surface area contributed by atoms with Crippen molar-refractivity contribution in [2.24, 2.45) is 5.92 Å². The van der Waals surface area contributed by atoms with Gasteiger partial charge in [0.25, 0.3) is 5.91 Å². The third-order valence-electron chi connectivity index (χ3n) is 7.14. The lowest BCUT2D eigenvalue weighted by Crippen LogP contribution is -2.47. The van der Waals surface area contributed by atoms with Crippen molar-refractivity contribution in [2.45, 2.75) is 64.8 Å². The molecular formula is C30H45N3O6S. The van der Waals surface area contributed by atoms with Crippen LogP contribution >= 0.6 is 0 Å². The molecule has 0 fully saturated rings. The number of fused-ring (bicyclic) bond motifs is 1. The van der Waals surface area contributed by atoms with E-state index in [2.05, 4.69) is 35.7 Å². The number of ether oxygens (including phenoxy) is 2. The number of nitrogens with zero attached hydrogens (tertiary/aromatic N) is 2. The van der Waals surface area contributed by atoms with Gasteiger partial charge in [0, 0.05) is 37.8 Å². The van der Waals surface area contributed by atoms with Crippen molar-refractivity contribution in [3.8, 4) is 5.75 Å². The summed E-state index contributed by atoms with van der Waals surface area (Å²) < 4.78 is 38.8. The summed E-state index contributed by atoms with van der Waals surface area (Å²) in [5.74, 6) is 0.0210. The Balaban J connectivity index is 1.92. The summed E-state index contributed by atoms with van der Waals surface area (Å²) >= 11 is 0. The number of hydrogen-bond acceptors (Lipinski definition) is 7. The first-order chi connectivity index (χ1) is 19.0. The summed E-state index contributed by atoms with van der Waals surface area (Å²) in [6, 6.07) is 14.5. The zero-order chi connectivity index (χ0) is 29.3. The number of aliphatic hydroxyl groups excluding tert-OH is 1. The Kier molecular flexibility index (Phi) is 11.8. The van der Waals surface area contributed by atoms with E-state index in [1.807, 2.05) is 25.1 Å². The molecule has 0 saturated carbocycles. The van der Waals surface area contributed by atoms with Gasteiger partial charge in [-0.15, -0.1) is 0 Å². The average Bonchev–Trinajstić information content (AvgIpc) is 2.90. The summed E-state index contributed by atoms with van der Waals surface area (Å²) in [5.41, 5.74) is 1.75. The van der Waals surface area contributed by atoms with Crippen LogP contribution < -0.4 is 9.46 Å². The maximum Gasteiger partial charge on any atom is 0.258 e. The Labute approximate surface area is 239 Å². The highest BCUT2D eigenvalue weighted by Gasteiger charge is 2.30. The van der Waals surface area contributed by atoms with Gasteiger partial charge in [-0.05, 0) is 63.9 Å². The van der Waals surface area contributed by atoms with Crippen LogP contribution in [0.4, 0.5) is 5.69 Å². The van der Waals surface area contributed by atoms with Gasteiger partial charge in [0.05, 0.1) is 36.7 Å². The van der Waals surface area contributed by atoms with E-state index in [0.717, 1.165) is 32.1 Å². The summed E-state index contributed by atoms with van der Waals surface area (Å²) in [5, 5.41) is 10.1. The second-order valence-electron chi connectivity index (χ2n) is 11.1. The summed E-state index contributed by atoms with van der Waals surface area (Å²) in [4.78, 5) is 17.9. The highest BCUT2D eigenvalue weighted by atomic mass is 32.2. The number of sulfonamides is 1. The maximum absolute atomic E-state index is 14.1. The lowest BCUT2D eigenvalue weighted by Gasteiger charge is -2.36. The Hall–Kier alpha value is -2.66. The Bertz CT molecular complexity index is 1190. The fourth-order valence-electron chi connectivity index (χ4n) is 4.93. The highest BCUT2D eigenvalue weighted by molar-refractivity contribution is 7.92. The quantitative estimate of drug-likeness (QED) is 0.490. The summed E-state index contributed by atoms with van der Waals surface area (Å²) in [6.07, 6.45) is 3.36. The Morgan fingerprint density at radius 1 is 1.15 bits per heavy atom. The van der Waals surface area contributed by atoms with Crippen LogP contribution in [0, 0.1) is 5.92 Å². The van der Waals surface area contributed by atoms with E-state index in [9.17, 15) is 18.3 Å². The molecule has 1 aliphatic heterocycles. The molecule has 2 aromatic rings. The molecule has 9 nitrogen and oxygen atoms in total. The molecular weight excluding hydrogens is 530 g/mol. The number of carbonyl (C=O) groups is 1. The zero-order valence-corrected chi connectivity index (χ0v) is 25.2. The third-order valence-corrected chi connectivity index (χ3v) is 7.75. The number of anilines is 1. The number of aliphatic hydroxyl groups is 1. The van der Waals surface area contributed by atoms with Gasteiger partial charge in [-0.3, -0.25) is 14.4 Å². The molecule has 1 amide bonds. The van der Waals surface area contributed by atoms with E-state index in [1.165, 1.54) is 11.6 Å². The zero-order valence-electron chi connectivity index (χ0n) is 24.4. The third kappa shape index (κ3) is 9.76. The molecule has 3 rings (SSSR count). The number of likely N-dealkylation sites (N-methyl/N-ethyl adjacent to an activating group) is 1. The topological polar surface area (TPSA) is 108 Å². The highest BCUT2D eigenvalue weighted by Crippen LogP contribution is 2.29. The van der Waals surface area contributed by atoms with E-state index < -0.39 is 16.1 Å². The van der Waals surface area contributed by atoms with Crippen LogP contribution in [-0.4, -0.2) is 87.1 Å².